The second kappa shape index (κ2) is 4.79. The van der Waals surface area contributed by atoms with E-state index in [1.165, 1.54) is 25.7 Å². The molecule has 0 aromatic heterocycles. The quantitative estimate of drug-likeness (QED) is 0.831. The van der Waals surface area contributed by atoms with Gasteiger partial charge in [0, 0.05) is 18.6 Å². The lowest BCUT2D eigenvalue weighted by Crippen LogP contribution is -2.57. The molecule has 0 saturated heterocycles. The second-order valence-corrected chi connectivity index (χ2v) is 7.77. The van der Waals surface area contributed by atoms with Crippen LogP contribution in [0.3, 0.4) is 0 Å². The number of nitrogens with zero attached hydrogens (tertiary/aromatic N) is 1. The van der Waals surface area contributed by atoms with Crippen molar-refractivity contribution in [1.29, 1.82) is 0 Å². The molecule has 18 heavy (non-hydrogen) atoms. The fourth-order valence-corrected chi connectivity index (χ4v) is 5.28. The van der Waals surface area contributed by atoms with Gasteiger partial charge in [0.1, 0.15) is 0 Å². The van der Waals surface area contributed by atoms with Gasteiger partial charge in [-0.05, 0) is 68.7 Å². The zero-order valence-corrected chi connectivity index (χ0v) is 12.3. The fraction of sp³-hybridized carbons (Fsp3) is 1.00. The third kappa shape index (κ3) is 2.22. The summed E-state index contributed by atoms with van der Waals surface area (Å²) in [6, 6.07) is 1.19. The van der Waals surface area contributed by atoms with Crippen molar-refractivity contribution in [3.63, 3.8) is 0 Å². The Labute approximate surface area is 112 Å². The molecule has 2 nitrogen and oxygen atoms in total. The van der Waals surface area contributed by atoms with E-state index in [2.05, 4.69) is 25.8 Å². The van der Waals surface area contributed by atoms with E-state index in [4.69, 9.17) is 5.73 Å². The van der Waals surface area contributed by atoms with Crippen molar-refractivity contribution in [1.82, 2.24) is 4.90 Å². The second-order valence-electron chi connectivity index (χ2n) is 7.77. The van der Waals surface area contributed by atoms with Crippen LogP contribution >= 0.6 is 0 Å². The van der Waals surface area contributed by atoms with Crippen molar-refractivity contribution in [3.8, 4) is 0 Å². The van der Waals surface area contributed by atoms with Gasteiger partial charge >= 0.3 is 0 Å². The number of likely N-dealkylation sites (N-methyl/N-ethyl adjacent to an activating group) is 1. The summed E-state index contributed by atoms with van der Waals surface area (Å²) in [5, 5.41) is 0. The van der Waals surface area contributed by atoms with E-state index in [-0.39, 0.29) is 0 Å². The molecule has 4 bridgehead atoms. The Balaban J connectivity index is 1.65. The van der Waals surface area contributed by atoms with Gasteiger partial charge in [0.25, 0.3) is 0 Å². The van der Waals surface area contributed by atoms with Crippen molar-refractivity contribution in [2.24, 2.45) is 35.3 Å². The standard InChI is InChI=1S/C16H30N2/c1-10(2)15(17)9-18(3)16-13-5-11-4-12(7-13)8-14(16)6-11/h10-16H,4-9,17H2,1-3H3. The number of nitrogens with two attached hydrogens (primary N) is 1. The zero-order valence-electron chi connectivity index (χ0n) is 12.3. The van der Waals surface area contributed by atoms with Crippen LogP contribution in [-0.2, 0) is 0 Å². The number of hydrogen-bond acceptors (Lipinski definition) is 2. The first kappa shape index (κ1) is 12.9. The van der Waals surface area contributed by atoms with Gasteiger partial charge in [-0.2, -0.15) is 0 Å². The molecule has 0 aliphatic heterocycles. The van der Waals surface area contributed by atoms with Gasteiger partial charge in [-0.25, -0.2) is 0 Å². The van der Waals surface area contributed by atoms with Crippen LogP contribution in [0.1, 0.15) is 46.0 Å². The predicted octanol–water partition coefficient (Wildman–Crippen LogP) is 2.73. The van der Waals surface area contributed by atoms with Gasteiger partial charge in [0.2, 0.25) is 0 Å². The zero-order chi connectivity index (χ0) is 12.9. The first-order valence-electron chi connectivity index (χ1n) is 8.00. The average molecular weight is 250 g/mol. The maximum atomic E-state index is 6.27. The summed E-state index contributed by atoms with van der Waals surface area (Å²) in [5.74, 6) is 4.74. The van der Waals surface area contributed by atoms with E-state index in [0.717, 1.165) is 36.3 Å². The summed E-state index contributed by atoms with van der Waals surface area (Å²) in [4.78, 5) is 2.62. The maximum Gasteiger partial charge on any atom is 0.0191 e. The molecule has 4 saturated carbocycles. The highest BCUT2D eigenvalue weighted by atomic mass is 15.2. The molecule has 0 heterocycles. The minimum atomic E-state index is 0.340. The largest absolute Gasteiger partial charge is 0.326 e. The molecule has 104 valence electrons. The lowest BCUT2D eigenvalue weighted by molar-refractivity contribution is -0.0593. The van der Waals surface area contributed by atoms with Gasteiger partial charge in [0.05, 0.1) is 0 Å². The van der Waals surface area contributed by atoms with E-state index in [0.29, 0.717) is 12.0 Å². The van der Waals surface area contributed by atoms with Gasteiger partial charge in [-0.15, -0.1) is 0 Å². The van der Waals surface area contributed by atoms with E-state index >= 15 is 0 Å². The molecule has 0 spiro atoms. The molecular weight excluding hydrogens is 220 g/mol. The summed E-state index contributed by atoms with van der Waals surface area (Å²) in [5.41, 5.74) is 6.27. The van der Waals surface area contributed by atoms with Crippen LogP contribution in [-0.4, -0.2) is 30.6 Å². The van der Waals surface area contributed by atoms with E-state index in [1.54, 1.807) is 6.42 Å². The summed E-state index contributed by atoms with van der Waals surface area (Å²) in [6.45, 7) is 5.58. The van der Waals surface area contributed by atoms with E-state index in [9.17, 15) is 0 Å². The summed E-state index contributed by atoms with van der Waals surface area (Å²) in [7, 11) is 2.33. The van der Waals surface area contributed by atoms with Crippen LogP contribution in [0.5, 0.6) is 0 Å². The molecule has 4 aliphatic carbocycles. The SMILES string of the molecule is CC(C)C(N)CN(C)C1C2CC3CC(C2)CC1C3. The van der Waals surface area contributed by atoms with Crippen molar-refractivity contribution in [2.45, 2.75) is 58.0 Å². The molecule has 2 heteroatoms. The maximum absolute atomic E-state index is 6.27. The molecule has 4 aliphatic rings. The summed E-state index contributed by atoms with van der Waals surface area (Å²) in [6.07, 6.45) is 7.60. The van der Waals surface area contributed by atoms with E-state index < -0.39 is 0 Å². The lowest BCUT2D eigenvalue weighted by atomic mass is 9.54. The van der Waals surface area contributed by atoms with Gasteiger partial charge in [0.15, 0.2) is 0 Å². The normalized spacial score (nSPS) is 44.0. The Hall–Kier alpha value is -0.0800. The van der Waals surface area contributed by atoms with Crippen LogP contribution in [0.2, 0.25) is 0 Å². The number of hydrogen-bond donors (Lipinski definition) is 1. The minimum absolute atomic E-state index is 0.340. The Kier molecular flexibility index (Phi) is 3.44. The fourth-order valence-electron chi connectivity index (χ4n) is 5.28. The topological polar surface area (TPSA) is 29.3 Å². The highest BCUT2D eigenvalue weighted by Crippen LogP contribution is 2.54. The molecule has 1 unspecified atom stereocenters. The molecule has 4 fully saturated rings. The summed E-state index contributed by atoms with van der Waals surface area (Å²) < 4.78 is 0. The Morgan fingerprint density at radius 3 is 1.94 bits per heavy atom. The highest BCUT2D eigenvalue weighted by Gasteiger charge is 2.49. The van der Waals surface area contributed by atoms with Crippen LogP contribution in [0, 0.1) is 29.6 Å². The van der Waals surface area contributed by atoms with Gasteiger partial charge < -0.3 is 10.6 Å². The summed E-state index contributed by atoms with van der Waals surface area (Å²) >= 11 is 0. The van der Waals surface area contributed by atoms with Crippen LogP contribution in [0.15, 0.2) is 0 Å². The van der Waals surface area contributed by atoms with Crippen LogP contribution < -0.4 is 5.73 Å². The Morgan fingerprint density at radius 2 is 1.50 bits per heavy atom. The smallest absolute Gasteiger partial charge is 0.0191 e. The minimum Gasteiger partial charge on any atom is -0.326 e. The highest BCUT2D eigenvalue weighted by molar-refractivity contribution is 5.02. The predicted molar refractivity (Wildman–Crippen MR) is 76.3 cm³/mol. The molecular formula is C16H30N2. The molecule has 4 rings (SSSR count). The monoisotopic (exact) mass is 250 g/mol. The molecule has 0 aromatic rings. The molecule has 2 N–H and O–H groups in total. The van der Waals surface area contributed by atoms with Crippen LogP contribution in [0.25, 0.3) is 0 Å². The molecule has 0 aromatic carbocycles. The van der Waals surface area contributed by atoms with Crippen molar-refractivity contribution < 1.29 is 0 Å². The van der Waals surface area contributed by atoms with Crippen molar-refractivity contribution in [3.05, 3.63) is 0 Å². The van der Waals surface area contributed by atoms with Crippen molar-refractivity contribution >= 4 is 0 Å². The molecule has 1 atom stereocenters. The van der Waals surface area contributed by atoms with Crippen LogP contribution in [0.4, 0.5) is 0 Å². The Bertz CT molecular complexity index is 271. The van der Waals surface area contributed by atoms with E-state index in [1.807, 2.05) is 0 Å². The molecule has 0 radical (unpaired) electrons. The van der Waals surface area contributed by atoms with Crippen molar-refractivity contribution in [2.75, 3.05) is 13.6 Å². The first-order valence-corrected chi connectivity index (χ1v) is 8.00. The number of rotatable bonds is 4. The molecule has 0 amide bonds. The third-order valence-electron chi connectivity index (χ3n) is 6.04. The average Bonchev–Trinajstić information content (AvgIpc) is 2.26. The first-order chi connectivity index (χ1) is 8.54. The third-order valence-corrected chi connectivity index (χ3v) is 6.04. The van der Waals surface area contributed by atoms with Gasteiger partial charge in [-0.3, -0.25) is 0 Å². The lowest BCUT2D eigenvalue weighted by Gasteiger charge is -2.57. The Morgan fingerprint density at radius 1 is 1.00 bits per heavy atom. The van der Waals surface area contributed by atoms with Gasteiger partial charge in [-0.1, -0.05) is 13.8 Å².